The van der Waals surface area contributed by atoms with Gasteiger partial charge in [0.15, 0.2) is 0 Å². The predicted octanol–water partition coefficient (Wildman–Crippen LogP) is 6.06. The Morgan fingerprint density at radius 3 is 1.62 bits per heavy atom. The van der Waals surface area contributed by atoms with Gasteiger partial charge < -0.3 is 0 Å². The zero-order valence-electron chi connectivity index (χ0n) is 12.4. The molecule has 0 fully saturated rings. The topological polar surface area (TPSA) is 0 Å². The van der Waals surface area contributed by atoms with Gasteiger partial charge in [-0.2, -0.15) is 0 Å². The Hall–Kier alpha value is 0. The lowest BCUT2D eigenvalue weighted by molar-refractivity contribution is 0.312. The Labute approximate surface area is 104 Å². The van der Waals surface area contributed by atoms with Gasteiger partial charge in [0, 0.05) is 0 Å². The average molecular weight is 226 g/mol. The van der Waals surface area contributed by atoms with Crippen molar-refractivity contribution in [1.29, 1.82) is 0 Å². The minimum atomic E-state index is 0.931. The van der Waals surface area contributed by atoms with Gasteiger partial charge in [-0.25, -0.2) is 0 Å². The molecule has 0 nitrogen and oxygen atoms in total. The highest BCUT2D eigenvalue weighted by molar-refractivity contribution is 4.64. The summed E-state index contributed by atoms with van der Waals surface area (Å²) in [6, 6.07) is 0. The molecule has 0 heteroatoms. The van der Waals surface area contributed by atoms with E-state index in [0.29, 0.717) is 0 Å². The van der Waals surface area contributed by atoms with Crippen molar-refractivity contribution < 1.29 is 0 Å². The molecule has 0 aliphatic carbocycles. The number of rotatable bonds is 10. The molecule has 16 heavy (non-hydrogen) atoms. The standard InChI is InChI=1S/C16H34/c1-6-9-11-14(4)15(5)12-10-13-16(7-2)8-3/h14-16H,6-13H2,1-5H3. The van der Waals surface area contributed by atoms with E-state index in [1.165, 1.54) is 51.4 Å². The molecule has 0 bridgehead atoms. The van der Waals surface area contributed by atoms with Gasteiger partial charge in [-0.15, -0.1) is 0 Å². The van der Waals surface area contributed by atoms with E-state index in [0.717, 1.165) is 17.8 Å². The first-order valence-electron chi connectivity index (χ1n) is 7.65. The zero-order valence-corrected chi connectivity index (χ0v) is 12.4. The van der Waals surface area contributed by atoms with E-state index in [9.17, 15) is 0 Å². The second kappa shape index (κ2) is 10.2. The van der Waals surface area contributed by atoms with Crippen LogP contribution in [0.4, 0.5) is 0 Å². The van der Waals surface area contributed by atoms with Crippen LogP contribution in [0.25, 0.3) is 0 Å². The second-order valence-corrected chi connectivity index (χ2v) is 5.71. The molecule has 0 radical (unpaired) electrons. The molecule has 0 saturated carbocycles. The summed E-state index contributed by atoms with van der Waals surface area (Å²) in [4.78, 5) is 0. The van der Waals surface area contributed by atoms with E-state index >= 15 is 0 Å². The number of unbranched alkanes of at least 4 members (excludes halogenated alkanes) is 1. The van der Waals surface area contributed by atoms with Crippen molar-refractivity contribution >= 4 is 0 Å². The van der Waals surface area contributed by atoms with Gasteiger partial charge in [0.1, 0.15) is 0 Å². The van der Waals surface area contributed by atoms with Crippen molar-refractivity contribution in [1.82, 2.24) is 0 Å². The van der Waals surface area contributed by atoms with Crippen LogP contribution in [0, 0.1) is 17.8 Å². The van der Waals surface area contributed by atoms with Crippen LogP contribution in [-0.2, 0) is 0 Å². The minimum absolute atomic E-state index is 0.931. The Balaban J connectivity index is 3.58. The fraction of sp³-hybridized carbons (Fsp3) is 1.00. The van der Waals surface area contributed by atoms with Crippen molar-refractivity contribution in [2.75, 3.05) is 0 Å². The molecule has 2 unspecified atom stereocenters. The zero-order chi connectivity index (χ0) is 12.4. The molecular formula is C16H34. The largest absolute Gasteiger partial charge is 0.0654 e. The van der Waals surface area contributed by atoms with Crippen LogP contribution in [0.2, 0.25) is 0 Å². The summed E-state index contributed by atoms with van der Waals surface area (Å²) in [7, 11) is 0. The van der Waals surface area contributed by atoms with Gasteiger partial charge in [0.25, 0.3) is 0 Å². The average Bonchev–Trinajstić information content (AvgIpc) is 2.31. The summed E-state index contributed by atoms with van der Waals surface area (Å²) < 4.78 is 0. The lowest BCUT2D eigenvalue weighted by atomic mass is 9.85. The molecule has 98 valence electrons. The van der Waals surface area contributed by atoms with E-state index in [1.807, 2.05) is 0 Å². The first kappa shape index (κ1) is 16.0. The first-order chi connectivity index (χ1) is 7.65. The molecule has 0 N–H and O–H groups in total. The van der Waals surface area contributed by atoms with Crippen molar-refractivity contribution in [2.45, 2.75) is 86.0 Å². The highest BCUT2D eigenvalue weighted by Gasteiger charge is 2.12. The molecule has 0 aromatic heterocycles. The van der Waals surface area contributed by atoms with Crippen molar-refractivity contribution in [3.8, 4) is 0 Å². The van der Waals surface area contributed by atoms with Crippen LogP contribution in [0.3, 0.4) is 0 Å². The Bertz CT molecular complexity index is 135. The van der Waals surface area contributed by atoms with Gasteiger partial charge in [-0.1, -0.05) is 86.0 Å². The van der Waals surface area contributed by atoms with Crippen molar-refractivity contribution in [2.24, 2.45) is 17.8 Å². The van der Waals surface area contributed by atoms with E-state index < -0.39 is 0 Å². The van der Waals surface area contributed by atoms with Crippen LogP contribution in [0.1, 0.15) is 86.0 Å². The molecule has 0 amide bonds. The van der Waals surface area contributed by atoms with Gasteiger partial charge in [0.2, 0.25) is 0 Å². The SMILES string of the molecule is CCCCC(C)C(C)CCCC(CC)CC. The number of hydrogen-bond donors (Lipinski definition) is 0. The van der Waals surface area contributed by atoms with Crippen LogP contribution >= 0.6 is 0 Å². The molecule has 0 aromatic rings. The van der Waals surface area contributed by atoms with Crippen LogP contribution < -0.4 is 0 Å². The quantitative estimate of drug-likeness (QED) is 0.425. The predicted molar refractivity (Wildman–Crippen MR) is 75.8 cm³/mol. The van der Waals surface area contributed by atoms with Crippen molar-refractivity contribution in [3.63, 3.8) is 0 Å². The van der Waals surface area contributed by atoms with Gasteiger partial charge >= 0.3 is 0 Å². The summed E-state index contributed by atoms with van der Waals surface area (Å²) in [5.74, 6) is 2.85. The van der Waals surface area contributed by atoms with Crippen molar-refractivity contribution in [3.05, 3.63) is 0 Å². The molecule has 0 saturated heterocycles. The third-order valence-corrected chi connectivity index (χ3v) is 4.41. The molecule has 0 rings (SSSR count). The van der Waals surface area contributed by atoms with Gasteiger partial charge in [-0.05, 0) is 17.8 Å². The van der Waals surface area contributed by atoms with Crippen LogP contribution in [0.5, 0.6) is 0 Å². The maximum Gasteiger partial charge on any atom is -0.0417 e. The molecule has 2 atom stereocenters. The molecule has 0 aliphatic rings. The molecule has 0 aromatic carbocycles. The normalized spacial score (nSPS) is 15.4. The maximum atomic E-state index is 2.45. The third kappa shape index (κ3) is 7.30. The second-order valence-electron chi connectivity index (χ2n) is 5.71. The van der Waals surface area contributed by atoms with Crippen LogP contribution in [0.15, 0.2) is 0 Å². The Morgan fingerprint density at radius 1 is 0.688 bits per heavy atom. The lowest BCUT2D eigenvalue weighted by Crippen LogP contribution is -2.08. The van der Waals surface area contributed by atoms with E-state index in [4.69, 9.17) is 0 Å². The fourth-order valence-corrected chi connectivity index (χ4v) is 2.52. The Morgan fingerprint density at radius 2 is 1.19 bits per heavy atom. The molecule has 0 spiro atoms. The summed E-state index contributed by atoms with van der Waals surface area (Å²) in [6.07, 6.45) is 11.3. The lowest BCUT2D eigenvalue weighted by Gasteiger charge is -2.20. The minimum Gasteiger partial charge on any atom is -0.0654 e. The van der Waals surface area contributed by atoms with Gasteiger partial charge in [-0.3, -0.25) is 0 Å². The molecule has 0 heterocycles. The third-order valence-electron chi connectivity index (χ3n) is 4.41. The summed E-state index contributed by atoms with van der Waals surface area (Å²) in [5, 5.41) is 0. The summed E-state index contributed by atoms with van der Waals surface area (Å²) in [6.45, 7) is 11.9. The van der Waals surface area contributed by atoms with E-state index in [2.05, 4.69) is 34.6 Å². The molecular weight excluding hydrogens is 192 g/mol. The molecule has 0 aliphatic heterocycles. The maximum absolute atomic E-state index is 2.45. The van der Waals surface area contributed by atoms with E-state index in [-0.39, 0.29) is 0 Å². The monoisotopic (exact) mass is 226 g/mol. The van der Waals surface area contributed by atoms with Crippen LogP contribution in [-0.4, -0.2) is 0 Å². The Kier molecular flexibility index (Phi) is 10.2. The summed E-state index contributed by atoms with van der Waals surface area (Å²) >= 11 is 0. The highest BCUT2D eigenvalue weighted by atomic mass is 14.2. The highest BCUT2D eigenvalue weighted by Crippen LogP contribution is 2.25. The smallest absolute Gasteiger partial charge is 0.0417 e. The fourth-order valence-electron chi connectivity index (χ4n) is 2.52. The first-order valence-corrected chi connectivity index (χ1v) is 7.65. The number of hydrogen-bond acceptors (Lipinski definition) is 0. The summed E-state index contributed by atoms with van der Waals surface area (Å²) in [5.41, 5.74) is 0. The van der Waals surface area contributed by atoms with E-state index in [1.54, 1.807) is 0 Å². The van der Waals surface area contributed by atoms with Gasteiger partial charge in [0.05, 0.1) is 0 Å².